The van der Waals surface area contributed by atoms with E-state index in [-0.39, 0.29) is 10.6 Å². The van der Waals surface area contributed by atoms with Crippen molar-refractivity contribution in [3.05, 3.63) is 22.7 Å². The van der Waals surface area contributed by atoms with Crippen LogP contribution >= 0.6 is 15.9 Å². The summed E-state index contributed by atoms with van der Waals surface area (Å²) >= 11 is 3.10. The average Bonchev–Trinajstić information content (AvgIpc) is 2.26. The van der Waals surface area contributed by atoms with Crippen LogP contribution in [0.1, 0.15) is 0 Å². The molecule has 0 amide bonds. The molecule has 0 atom stereocenters. The minimum absolute atomic E-state index is 0.0926. The largest absolute Gasteiger partial charge is 0.495 e. The minimum Gasteiger partial charge on any atom is -0.495 e. The van der Waals surface area contributed by atoms with Crippen LogP contribution in [0.15, 0.2) is 27.6 Å². The Morgan fingerprint density at radius 3 is 2.65 bits per heavy atom. The summed E-state index contributed by atoms with van der Waals surface area (Å²) in [6, 6.07) is 4.30. The number of methoxy groups -OCH3 is 1. The number of alkyl halides is 2. The zero-order chi connectivity index (χ0) is 13.1. The molecule has 96 valence electrons. The molecule has 0 spiro atoms. The van der Waals surface area contributed by atoms with Gasteiger partial charge in [0.2, 0.25) is 10.0 Å². The molecule has 4 nitrogen and oxygen atoms in total. The third kappa shape index (κ3) is 3.90. The summed E-state index contributed by atoms with van der Waals surface area (Å²) in [5.74, 6) is 0.0926. The number of hydrogen-bond donors (Lipinski definition) is 1. The molecular weight excluding hydrogens is 320 g/mol. The summed E-state index contributed by atoms with van der Waals surface area (Å²) in [5, 5.41) is 0. The highest BCUT2D eigenvalue weighted by atomic mass is 79.9. The molecule has 0 radical (unpaired) electrons. The molecule has 8 heteroatoms. The summed E-state index contributed by atoms with van der Waals surface area (Å²) in [4.78, 5) is -0.185. The van der Waals surface area contributed by atoms with Crippen molar-refractivity contribution >= 4 is 26.0 Å². The van der Waals surface area contributed by atoms with Gasteiger partial charge in [-0.1, -0.05) is 15.9 Å². The predicted octanol–water partition coefficient (Wildman–Crippen LogP) is 2.00. The van der Waals surface area contributed by atoms with Gasteiger partial charge in [-0.25, -0.2) is 21.9 Å². The Morgan fingerprint density at radius 1 is 1.47 bits per heavy atom. The first-order valence-electron chi connectivity index (χ1n) is 4.48. The molecule has 0 unspecified atom stereocenters. The topological polar surface area (TPSA) is 55.4 Å². The highest BCUT2D eigenvalue weighted by molar-refractivity contribution is 9.10. The molecule has 0 aromatic heterocycles. The molecule has 17 heavy (non-hydrogen) atoms. The van der Waals surface area contributed by atoms with Gasteiger partial charge >= 0.3 is 0 Å². The van der Waals surface area contributed by atoms with E-state index in [1.165, 1.54) is 19.2 Å². The Hall–Kier alpha value is -0.730. The van der Waals surface area contributed by atoms with Gasteiger partial charge in [0.05, 0.1) is 13.7 Å². The second-order valence-corrected chi connectivity index (χ2v) is 5.69. The Kier molecular flexibility index (Phi) is 4.84. The quantitative estimate of drug-likeness (QED) is 0.898. The Morgan fingerprint density at radius 2 is 2.12 bits per heavy atom. The standard InChI is InChI=1S/C9H10BrF2NO3S/c1-16-7-3-2-6(10)4-8(7)17(14,15)13-5-9(11)12/h2-4,9,13H,5H2,1H3. The third-order valence-corrected chi connectivity index (χ3v) is 3.78. The van der Waals surface area contributed by atoms with Crippen molar-refractivity contribution in [1.82, 2.24) is 4.72 Å². The Bertz CT molecular complexity index is 493. The number of rotatable bonds is 5. The molecule has 0 saturated heterocycles. The average molecular weight is 330 g/mol. The SMILES string of the molecule is COc1ccc(Br)cc1S(=O)(=O)NCC(F)F. The Balaban J connectivity index is 3.09. The third-order valence-electron chi connectivity index (χ3n) is 1.84. The first-order chi connectivity index (χ1) is 7.86. The number of sulfonamides is 1. The van der Waals surface area contributed by atoms with Gasteiger partial charge in [-0.3, -0.25) is 0 Å². The van der Waals surface area contributed by atoms with Crippen molar-refractivity contribution in [3.63, 3.8) is 0 Å². The van der Waals surface area contributed by atoms with Crippen LogP contribution in [-0.4, -0.2) is 28.5 Å². The number of ether oxygens (including phenoxy) is 1. The highest BCUT2D eigenvalue weighted by Gasteiger charge is 2.21. The number of halogens is 3. The molecule has 0 aliphatic heterocycles. The molecule has 0 saturated carbocycles. The zero-order valence-electron chi connectivity index (χ0n) is 8.78. The van der Waals surface area contributed by atoms with E-state index in [1.54, 1.807) is 10.8 Å². The van der Waals surface area contributed by atoms with Crippen LogP contribution in [0.25, 0.3) is 0 Å². The van der Waals surface area contributed by atoms with E-state index in [4.69, 9.17) is 4.74 Å². The molecule has 1 aromatic rings. The fourth-order valence-electron chi connectivity index (χ4n) is 1.11. The fourth-order valence-corrected chi connectivity index (χ4v) is 2.82. The summed E-state index contributed by atoms with van der Waals surface area (Å²) in [6.45, 7) is -0.933. The van der Waals surface area contributed by atoms with E-state index in [9.17, 15) is 17.2 Å². The van der Waals surface area contributed by atoms with Gasteiger partial charge in [0.1, 0.15) is 10.6 Å². The van der Waals surface area contributed by atoms with E-state index in [0.29, 0.717) is 4.47 Å². The lowest BCUT2D eigenvalue weighted by atomic mass is 10.3. The monoisotopic (exact) mass is 329 g/mol. The smallest absolute Gasteiger partial charge is 0.251 e. The normalized spacial score (nSPS) is 11.8. The summed E-state index contributed by atoms with van der Waals surface area (Å²) in [6.07, 6.45) is -2.75. The first kappa shape index (κ1) is 14.3. The first-order valence-corrected chi connectivity index (χ1v) is 6.76. The van der Waals surface area contributed by atoms with Crippen LogP contribution in [0.4, 0.5) is 8.78 Å². The van der Waals surface area contributed by atoms with Crippen molar-refractivity contribution in [1.29, 1.82) is 0 Å². The highest BCUT2D eigenvalue weighted by Crippen LogP contribution is 2.26. The van der Waals surface area contributed by atoms with E-state index in [0.717, 1.165) is 0 Å². The summed E-state index contributed by atoms with van der Waals surface area (Å²) in [7, 11) is -2.70. The number of hydrogen-bond acceptors (Lipinski definition) is 3. The van der Waals surface area contributed by atoms with Crippen molar-refractivity contribution in [2.24, 2.45) is 0 Å². The molecule has 1 N–H and O–H groups in total. The van der Waals surface area contributed by atoms with E-state index >= 15 is 0 Å². The van der Waals surface area contributed by atoms with Gasteiger partial charge in [-0.05, 0) is 18.2 Å². The molecule has 0 heterocycles. The molecule has 1 rings (SSSR count). The van der Waals surface area contributed by atoms with Crippen LogP contribution in [-0.2, 0) is 10.0 Å². The van der Waals surface area contributed by atoms with Crippen LogP contribution in [0.5, 0.6) is 5.75 Å². The second kappa shape index (κ2) is 5.74. The Labute approximate surface area is 106 Å². The number of benzene rings is 1. The van der Waals surface area contributed by atoms with Gasteiger partial charge in [0.25, 0.3) is 6.43 Å². The lowest BCUT2D eigenvalue weighted by Gasteiger charge is -2.10. The van der Waals surface area contributed by atoms with Gasteiger partial charge in [0, 0.05) is 4.47 Å². The van der Waals surface area contributed by atoms with Crippen LogP contribution in [0.3, 0.4) is 0 Å². The molecule has 0 aliphatic rings. The van der Waals surface area contributed by atoms with Crippen LogP contribution in [0, 0.1) is 0 Å². The second-order valence-electron chi connectivity index (χ2n) is 3.04. The van der Waals surface area contributed by atoms with Gasteiger partial charge in [-0.2, -0.15) is 0 Å². The van der Waals surface area contributed by atoms with E-state index < -0.39 is 23.0 Å². The van der Waals surface area contributed by atoms with E-state index in [2.05, 4.69) is 15.9 Å². The van der Waals surface area contributed by atoms with Crippen molar-refractivity contribution in [2.45, 2.75) is 11.3 Å². The maximum Gasteiger partial charge on any atom is 0.251 e. The van der Waals surface area contributed by atoms with Gasteiger partial charge < -0.3 is 4.74 Å². The maximum atomic E-state index is 12.0. The summed E-state index contributed by atoms with van der Waals surface area (Å²) in [5.41, 5.74) is 0. The van der Waals surface area contributed by atoms with Gasteiger partial charge in [0.15, 0.2) is 0 Å². The van der Waals surface area contributed by atoms with Crippen molar-refractivity contribution in [3.8, 4) is 5.75 Å². The predicted molar refractivity (Wildman–Crippen MR) is 61.9 cm³/mol. The maximum absolute atomic E-state index is 12.0. The van der Waals surface area contributed by atoms with Crippen molar-refractivity contribution < 1.29 is 21.9 Å². The lowest BCUT2D eigenvalue weighted by molar-refractivity contribution is 0.153. The summed E-state index contributed by atoms with van der Waals surface area (Å²) < 4.78 is 54.6. The number of nitrogens with one attached hydrogen (secondary N) is 1. The molecule has 0 bridgehead atoms. The van der Waals surface area contributed by atoms with Gasteiger partial charge in [-0.15, -0.1) is 0 Å². The van der Waals surface area contributed by atoms with Crippen LogP contribution in [0.2, 0.25) is 0 Å². The molecular formula is C9H10BrF2NO3S. The fraction of sp³-hybridized carbons (Fsp3) is 0.333. The minimum atomic E-state index is -4.01. The molecule has 0 aliphatic carbocycles. The van der Waals surface area contributed by atoms with Crippen LogP contribution < -0.4 is 9.46 Å². The van der Waals surface area contributed by atoms with Crippen molar-refractivity contribution in [2.75, 3.05) is 13.7 Å². The zero-order valence-corrected chi connectivity index (χ0v) is 11.2. The molecule has 1 aromatic carbocycles. The van der Waals surface area contributed by atoms with E-state index in [1.807, 2.05) is 0 Å². The lowest BCUT2D eigenvalue weighted by Crippen LogP contribution is -2.29. The molecule has 0 fully saturated rings.